The second-order valence-corrected chi connectivity index (χ2v) is 9.44. The van der Waals surface area contributed by atoms with Crippen LogP contribution in [0.1, 0.15) is 51.5 Å². The Morgan fingerprint density at radius 3 is 2.27 bits per heavy atom. The highest BCUT2D eigenvalue weighted by atomic mass is 32.2. The van der Waals surface area contributed by atoms with Crippen LogP contribution in [0.5, 0.6) is 5.75 Å². The van der Waals surface area contributed by atoms with E-state index in [4.69, 9.17) is 4.74 Å². The molecule has 1 unspecified atom stereocenters. The van der Waals surface area contributed by atoms with Gasteiger partial charge in [0.15, 0.2) is 6.10 Å². The van der Waals surface area contributed by atoms with Crippen molar-refractivity contribution < 1.29 is 17.9 Å². The molecule has 0 aliphatic heterocycles. The van der Waals surface area contributed by atoms with Crippen LogP contribution in [0.3, 0.4) is 0 Å². The van der Waals surface area contributed by atoms with Crippen LogP contribution in [0.4, 0.5) is 5.69 Å². The third kappa shape index (κ3) is 6.06. The molecule has 2 aromatic rings. The van der Waals surface area contributed by atoms with Crippen molar-refractivity contribution in [2.24, 2.45) is 0 Å². The fourth-order valence-electron chi connectivity index (χ4n) is 3.53. The lowest BCUT2D eigenvalue weighted by atomic mass is 9.96. The molecule has 2 aromatic carbocycles. The highest BCUT2D eigenvalue weighted by molar-refractivity contribution is 7.89. The minimum Gasteiger partial charge on any atom is -0.481 e. The van der Waals surface area contributed by atoms with E-state index in [0.29, 0.717) is 11.4 Å². The van der Waals surface area contributed by atoms with Gasteiger partial charge >= 0.3 is 0 Å². The van der Waals surface area contributed by atoms with E-state index in [1.807, 2.05) is 24.3 Å². The maximum absolute atomic E-state index is 12.6. The number of ether oxygens (including phenoxy) is 1. The van der Waals surface area contributed by atoms with Crippen molar-refractivity contribution in [2.75, 3.05) is 5.32 Å². The summed E-state index contributed by atoms with van der Waals surface area (Å²) in [6.07, 6.45) is 5.30. The van der Waals surface area contributed by atoms with Crippen LogP contribution in [-0.4, -0.2) is 26.5 Å². The number of carbonyl (C=O) groups is 1. The summed E-state index contributed by atoms with van der Waals surface area (Å²) in [7, 11) is -3.56. The van der Waals surface area contributed by atoms with Gasteiger partial charge in [-0.15, -0.1) is 0 Å². The second-order valence-electron chi connectivity index (χ2n) is 7.73. The Hall–Kier alpha value is -2.38. The summed E-state index contributed by atoms with van der Waals surface area (Å²) in [6.45, 7) is 3.75. The van der Waals surface area contributed by atoms with Crippen LogP contribution < -0.4 is 14.8 Å². The SMILES string of the molecule is CCc1ccc(OC(C)C(=O)Nc2ccc(S(=O)(=O)NC3CCCCC3)cc2)cc1. The zero-order valence-electron chi connectivity index (χ0n) is 17.6. The normalized spacial score (nSPS) is 16.1. The summed E-state index contributed by atoms with van der Waals surface area (Å²) in [5.41, 5.74) is 1.72. The largest absolute Gasteiger partial charge is 0.481 e. The average Bonchev–Trinajstić information content (AvgIpc) is 2.75. The van der Waals surface area contributed by atoms with Crippen LogP contribution >= 0.6 is 0 Å². The third-order valence-corrected chi connectivity index (χ3v) is 6.91. The van der Waals surface area contributed by atoms with Crippen molar-refractivity contribution in [1.29, 1.82) is 0 Å². The zero-order valence-corrected chi connectivity index (χ0v) is 18.4. The maximum atomic E-state index is 12.6. The number of hydrogen-bond donors (Lipinski definition) is 2. The van der Waals surface area contributed by atoms with Crippen LogP contribution in [0.25, 0.3) is 0 Å². The molecule has 0 aromatic heterocycles. The van der Waals surface area contributed by atoms with Gasteiger partial charge in [-0.2, -0.15) is 0 Å². The van der Waals surface area contributed by atoms with Gasteiger partial charge in [0.2, 0.25) is 10.0 Å². The summed E-state index contributed by atoms with van der Waals surface area (Å²) < 4.78 is 33.6. The van der Waals surface area contributed by atoms with Gasteiger partial charge in [-0.05, 0) is 68.1 Å². The first-order valence-electron chi connectivity index (χ1n) is 10.6. The molecule has 7 heteroatoms. The molecule has 1 atom stereocenters. The molecule has 162 valence electrons. The van der Waals surface area contributed by atoms with E-state index in [1.165, 1.54) is 24.1 Å². The van der Waals surface area contributed by atoms with Crippen LogP contribution in [0.15, 0.2) is 53.4 Å². The molecule has 1 aliphatic rings. The molecule has 1 amide bonds. The minimum absolute atomic E-state index is 0.00696. The lowest BCUT2D eigenvalue weighted by Gasteiger charge is -2.22. The van der Waals surface area contributed by atoms with Crippen molar-refractivity contribution >= 4 is 21.6 Å². The standard InChI is InChI=1S/C23H30N2O4S/c1-3-18-9-13-21(14-10-18)29-17(2)23(26)24-19-11-15-22(16-12-19)30(27,28)25-20-7-5-4-6-8-20/h9-17,20,25H,3-8H2,1-2H3,(H,24,26). The molecule has 1 aliphatic carbocycles. The van der Waals surface area contributed by atoms with Gasteiger partial charge in [0, 0.05) is 11.7 Å². The molecule has 1 saturated carbocycles. The Balaban J connectivity index is 1.56. The van der Waals surface area contributed by atoms with Crippen molar-refractivity contribution in [3.8, 4) is 5.75 Å². The molecule has 0 radical (unpaired) electrons. The molecule has 0 spiro atoms. The van der Waals surface area contributed by atoms with Gasteiger partial charge in [-0.1, -0.05) is 38.3 Å². The lowest BCUT2D eigenvalue weighted by Crippen LogP contribution is -2.36. The summed E-state index contributed by atoms with van der Waals surface area (Å²) >= 11 is 0. The number of sulfonamides is 1. The Labute approximate surface area is 179 Å². The molecule has 0 heterocycles. The number of hydrogen-bond acceptors (Lipinski definition) is 4. The Morgan fingerprint density at radius 2 is 1.67 bits per heavy atom. The number of amides is 1. The summed E-state index contributed by atoms with van der Waals surface area (Å²) in [5.74, 6) is 0.329. The predicted molar refractivity (Wildman–Crippen MR) is 118 cm³/mol. The zero-order chi connectivity index (χ0) is 21.6. The van der Waals surface area contributed by atoms with Gasteiger partial charge in [0.25, 0.3) is 5.91 Å². The molecule has 6 nitrogen and oxygen atoms in total. The monoisotopic (exact) mass is 430 g/mol. The van der Waals surface area contributed by atoms with E-state index in [9.17, 15) is 13.2 Å². The first-order chi connectivity index (χ1) is 14.4. The van der Waals surface area contributed by atoms with E-state index >= 15 is 0 Å². The van der Waals surface area contributed by atoms with Gasteiger partial charge in [0.05, 0.1) is 4.90 Å². The molecule has 0 bridgehead atoms. The minimum atomic E-state index is -3.56. The van der Waals surface area contributed by atoms with Crippen LogP contribution in [0, 0.1) is 0 Å². The summed E-state index contributed by atoms with van der Waals surface area (Å²) in [5, 5.41) is 2.77. The second kappa shape index (κ2) is 10.1. The smallest absolute Gasteiger partial charge is 0.265 e. The van der Waals surface area contributed by atoms with E-state index < -0.39 is 16.1 Å². The van der Waals surface area contributed by atoms with Crippen molar-refractivity contribution in [1.82, 2.24) is 4.72 Å². The predicted octanol–water partition coefficient (Wildman–Crippen LogP) is 4.27. The third-order valence-electron chi connectivity index (χ3n) is 5.37. The van der Waals surface area contributed by atoms with E-state index in [1.54, 1.807) is 19.1 Å². The molecule has 0 saturated heterocycles. The van der Waals surface area contributed by atoms with Gasteiger partial charge in [-0.3, -0.25) is 4.79 Å². The lowest BCUT2D eigenvalue weighted by molar-refractivity contribution is -0.122. The molecule has 3 rings (SSSR count). The molecule has 2 N–H and O–H groups in total. The highest BCUT2D eigenvalue weighted by Gasteiger charge is 2.22. The summed E-state index contributed by atoms with van der Waals surface area (Å²) in [6, 6.07) is 13.9. The van der Waals surface area contributed by atoms with Crippen molar-refractivity contribution in [3.63, 3.8) is 0 Å². The molecular formula is C23H30N2O4S. The number of benzene rings is 2. The van der Waals surface area contributed by atoms with Crippen molar-refractivity contribution in [2.45, 2.75) is 69.4 Å². The number of nitrogens with one attached hydrogen (secondary N) is 2. The Morgan fingerprint density at radius 1 is 1.03 bits per heavy atom. The van der Waals surface area contributed by atoms with Gasteiger partial charge in [0.1, 0.15) is 5.75 Å². The number of aryl methyl sites for hydroxylation is 1. The van der Waals surface area contributed by atoms with Crippen molar-refractivity contribution in [3.05, 3.63) is 54.1 Å². The topological polar surface area (TPSA) is 84.5 Å². The number of rotatable bonds is 8. The highest BCUT2D eigenvalue weighted by Crippen LogP contribution is 2.21. The number of carbonyl (C=O) groups excluding carboxylic acids is 1. The molecular weight excluding hydrogens is 400 g/mol. The fraction of sp³-hybridized carbons (Fsp3) is 0.435. The summed E-state index contributed by atoms with van der Waals surface area (Å²) in [4.78, 5) is 12.6. The van der Waals surface area contributed by atoms with Crippen LogP contribution in [-0.2, 0) is 21.2 Å². The van der Waals surface area contributed by atoms with Gasteiger partial charge < -0.3 is 10.1 Å². The van der Waals surface area contributed by atoms with E-state index in [-0.39, 0.29) is 16.8 Å². The quantitative estimate of drug-likeness (QED) is 0.655. The van der Waals surface area contributed by atoms with E-state index in [0.717, 1.165) is 32.1 Å². The number of anilines is 1. The Kier molecular flexibility index (Phi) is 7.50. The fourth-order valence-corrected chi connectivity index (χ4v) is 4.84. The first kappa shape index (κ1) is 22.3. The maximum Gasteiger partial charge on any atom is 0.265 e. The first-order valence-corrected chi connectivity index (χ1v) is 12.0. The molecule has 30 heavy (non-hydrogen) atoms. The Bertz CT molecular complexity index is 934. The van der Waals surface area contributed by atoms with Crippen LogP contribution in [0.2, 0.25) is 0 Å². The molecule has 1 fully saturated rings. The van der Waals surface area contributed by atoms with Gasteiger partial charge in [-0.25, -0.2) is 13.1 Å². The van der Waals surface area contributed by atoms with E-state index in [2.05, 4.69) is 17.0 Å². The average molecular weight is 431 g/mol.